The van der Waals surface area contributed by atoms with Crippen LogP contribution < -0.4 is 11.1 Å². The second kappa shape index (κ2) is 40.0. The smallest absolute Gasteiger partial charge is 0.307 e. The van der Waals surface area contributed by atoms with E-state index in [1.165, 1.54) is 14.0 Å². The van der Waals surface area contributed by atoms with Crippen molar-refractivity contribution in [2.45, 2.75) is 247 Å². The lowest BCUT2D eigenvalue weighted by atomic mass is 9.95. The second-order valence-corrected chi connectivity index (χ2v) is 28.0. The number of rotatable bonds is 27. The first-order chi connectivity index (χ1) is 49.0. The summed E-state index contributed by atoms with van der Waals surface area (Å²) >= 11 is 1.74. The number of likely N-dealkylation sites (N-methyl/N-ethyl adjacent to an activating group) is 1. The molecular formula is C59H98N2O40S2. The number of ether oxygens (including phenoxy) is 16. The summed E-state index contributed by atoms with van der Waals surface area (Å²) < 4.78 is 93.5. The van der Waals surface area contributed by atoms with Crippen LogP contribution in [0, 0.1) is 5.92 Å². The molecule has 42 nitrogen and oxygen atoms in total. The molecule has 37 atom stereocenters. The molecule has 0 aromatic carbocycles. The minimum Gasteiger partial charge on any atom is -0.481 e. The lowest BCUT2D eigenvalue weighted by Gasteiger charge is -2.50. The fraction of sp³-hybridized carbons (Fsp3) is 0.932. The molecule has 103 heavy (non-hydrogen) atoms. The Morgan fingerprint density at radius 1 is 0.379 bits per heavy atom. The lowest BCUT2D eigenvalue weighted by Crippen LogP contribution is -2.68. The van der Waals surface area contributed by atoms with Crippen molar-refractivity contribution in [1.29, 1.82) is 0 Å². The van der Waals surface area contributed by atoms with E-state index in [0.29, 0.717) is 0 Å². The maximum Gasteiger partial charge on any atom is 0.307 e. The summed E-state index contributed by atoms with van der Waals surface area (Å²) in [4.78, 5) is 48.9. The first-order valence-electron chi connectivity index (χ1n) is 33.3. The van der Waals surface area contributed by atoms with Crippen molar-refractivity contribution < 1.29 is 197 Å². The van der Waals surface area contributed by atoms with Crippen LogP contribution in [0.2, 0.25) is 0 Å². The number of hydrogen-bond donors (Lipinski definition) is 22. The van der Waals surface area contributed by atoms with E-state index in [-0.39, 0.29) is 62.3 Å². The van der Waals surface area contributed by atoms with E-state index in [4.69, 9.17) is 81.5 Å². The number of aliphatic hydroxyl groups excluding tert-OH is 19. The van der Waals surface area contributed by atoms with E-state index in [1.54, 1.807) is 0 Å². The van der Waals surface area contributed by atoms with Crippen molar-refractivity contribution in [1.82, 2.24) is 5.32 Å². The van der Waals surface area contributed by atoms with Crippen molar-refractivity contribution in [2.24, 2.45) is 11.7 Å². The highest BCUT2D eigenvalue weighted by Gasteiger charge is 2.60. The molecule has 23 N–H and O–H groups in total. The van der Waals surface area contributed by atoms with E-state index >= 15 is 0 Å². The third kappa shape index (κ3) is 21.0. The van der Waals surface area contributed by atoms with Gasteiger partial charge in [0, 0.05) is 42.3 Å². The first-order valence-corrected chi connectivity index (χ1v) is 35.6. The molecule has 0 aromatic heterocycles. The minimum absolute atomic E-state index is 0.0665. The summed E-state index contributed by atoms with van der Waals surface area (Å²) in [6.45, 7) is -3.86. The summed E-state index contributed by atoms with van der Waals surface area (Å²) in [5.41, 5.74) is 5.52. The Labute approximate surface area is 595 Å². The normalized spacial score (nSPS) is 44.9. The number of ketones is 2. The molecule has 21 saturated heterocycles. The fourth-order valence-electron chi connectivity index (χ4n) is 12.6. The Morgan fingerprint density at radius 3 is 0.874 bits per heavy atom. The molecule has 0 radical (unpaired) electrons. The highest BCUT2D eigenvalue weighted by Crippen LogP contribution is 2.40. The number of aliphatic carboxylic acids is 1. The van der Waals surface area contributed by atoms with Crippen molar-refractivity contribution in [3.63, 3.8) is 0 Å². The molecule has 21 rings (SSSR count). The Balaban J connectivity index is 1.08. The average Bonchev–Trinajstić information content (AvgIpc) is 0.785. The number of carbonyl (C=O) groups excluding carboxylic acids is 3. The number of hydrogen-bond acceptors (Lipinski definition) is 42. The molecule has 0 aromatic rings. The summed E-state index contributed by atoms with van der Waals surface area (Å²) in [5, 5.41) is 230. The Kier molecular flexibility index (Phi) is 33.4. The fourth-order valence-corrected chi connectivity index (χ4v) is 15.0. The molecule has 14 bridgehead atoms. The van der Waals surface area contributed by atoms with Gasteiger partial charge in [-0.3, -0.25) is 19.2 Å². The number of carbonyl (C=O) groups is 4. The van der Waals surface area contributed by atoms with Crippen LogP contribution in [0.25, 0.3) is 0 Å². The van der Waals surface area contributed by atoms with Crippen LogP contribution in [0.3, 0.4) is 0 Å². The molecule has 21 fully saturated rings. The monoisotopic (exact) mass is 1540 g/mol. The Bertz CT molecular complexity index is 2620. The van der Waals surface area contributed by atoms with E-state index in [0.717, 1.165) is 23.5 Å². The zero-order chi connectivity index (χ0) is 75.4. The highest BCUT2D eigenvalue weighted by atomic mass is 32.2. The molecule has 1 amide bonds. The van der Waals surface area contributed by atoms with Crippen LogP contribution in [-0.2, 0) is 95.0 Å². The van der Waals surface area contributed by atoms with Crippen molar-refractivity contribution in [3.8, 4) is 0 Å². The number of Topliss-reactive ketones (excluding diaryl/α,β-unsaturated/α-hetero) is 2. The van der Waals surface area contributed by atoms with E-state index in [9.17, 15) is 121 Å². The standard InChI is InChI=1S/C59H98N2O40S2/c1-19(67)3-5-86-7-8-87-6-4-21(68)9-20(52(84)85)15-102-17-28-49-35(74)42(81)58(93-28)98-47-26(13-65)89-55(38(77)31(47)70)97-46-25(12-64)92-57(41(80)34(46)73)101-50-29(18-103-16-22(61-2)51(60)83)94-59(43(82)36(50)75)99-48-27(14-66)90-54(39(78)32(48)71)95-44-23(10-62)88-53(37(76)30(44)69)96-45-24(11-63)91-56(100-49)40(79)33(45)72/h20,22-50,53-59,61-66,69-82H,3-18H2,1-2H3,(H2,60,83)(H,84,85)/t20-,22-,23?,24?,25?,26?,27?,28?,29?,30-,31-,32-,33-,34-,35-,36-,37?,38?,39?,40?,41?,42?,43?,44-,45-,46-,47-,48-,49-,50-,53-,54-,55+,56-,57+,58-,59+/m1/s1. The van der Waals surface area contributed by atoms with E-state index in [2.05, 4.69) is 5.32 Å². The topological polar surface area (TPSA) is 659 Å². The molecule has 21 aliphatic rings. The quantitative estimate of drug-likeness (QED) is 0.0340. The van der Waals surface area contributed by atoms with E-state index in [1.807, 2.05) is 0 Å². The molecule has 14 unspecified atom stereocenters. The van der Waals surface area contributed by atoms with Gasteiger partial charge >= 0.3 is 5.97 Å². The van der Waals surface area contributed by atoms with Gasteiger partial charge in [0.15, 0.2) is 44.0 Å². The van der Waals surface area contributed by atoms with Gasteiger partial charge in [-0.25, -0.2) is 0 Å². The predicted molar refractivity (Wildman–Crippen MR) is 333 cm³/mol. The number of carboxylic acid groups (broad SMARTS) is 1. The van der Waals surface area contributed by atoms with E-state index < -0.39 is 290 Å². The number of primary amides is 1. The number of aliphatic hydroxyl groups is 19. The SMILES string of the molecule is CN[C@H](CSCC1O[C@H]2O[C@@H]3C(CO)O[C@H](O[C@@H]4C(CO)O[C@H](O[C@@H]5C(CO)O[C@H](O[C@@H]6C(CSC[C@@H](CC(=O)CCOCCOCCC(C)=O)C(=O)O)O[C@H](O[C@@H]7C(CO)O[C@@H](O[C@@H]8C(CO)O[C@@H](O[C@H]1[C@H](O)C2O)C(O)[C@H]8O)C(O)[C@H]7O)C(O)[C@H]6O)C(O)[C@H]5O)C(O)[C@H]4O)C(O)[C@H]3O)C(N)=O. The molecule has 0 spiro atoms. The number of carboxylic acids is 1. The maximum atomic E-state index is 13.0. The molecular weight excluding hydrogens is 1440 g/mol. The zero-order valence-corrected chi connectivity index (χ0v) is 57.3. The number of nitrogens with two attached hydrogens (primary N) is 1. The van der Waals surface area contributed by atoms with Gasteiger partial charge in [-0.15, -0.1) is 0 Å². The molecule has 44 heteroatoms. The second-order valence-electron chi connectivity index (χ2n) is 25.8. The van der Waals surface area contributed by atoms with Gasteiger partial charge in [0.25, 0.3) is 0 Å². The largest absolute Gasteiger partial charge is 0.481 e. The van der Waals surface area contributed by atoms with Crippen LogP contribution in [0.15, 0.2) is 0 Å². The Morgan fingerprint density at radius 2 is 0.631 bits per heavy atom. The third-order valence-electron chi connectivity index (χ3n) is 18.6. The predicted octanol–water partition coefficient (Wildman–Crippen LogP) is -13.6. The minimum atomic E-state index is -2.31. The Hall–Kier alpha value is -2.46. The number of thioether (sulfide) groups is 2. The van der Waals surface area contributed by atoms with Crippen LogP contribution in [-0.4, -0.2) is 436 Å². The molecule has 0 aliphatic carbocycles. The van der Waals surface area contributed by atoms with Gasteiger partial charge < -0.3 is 189 Å². The van der Waals surface area contributed by atoms with Gasteiger partial charge in [0.1, 0.15) is 170 Å². The number of amides is 1. The van der Waals surface area contributed by atoms with Crippen LogP contribution in [0.5, 0.6) is 0 Å². The van der Waals surface area contributed by atoms with Gasteiger partial charge in [-0.05, 0) is 14.0 Å². The highest BCUT2D eigenvalue weighted by molar-refractivity contribution is 7.99. The first kappa shape index (κ1) is 86.1. The van der Waals surface area contributed by atoms with Crippen molar-refractivity contribution >= 4 is 47.0 Å². The van der Waals surface area contributed by atoms with Gasteiger partial charge in [0.05, 0.1) is 83.6 Å². The van der Waals surface area contributed by atoms with Gasteiger partial charge in [0.2, 0.25) is 5.91 Å². The zero-order valence-electron chi connectivity index (χ0n) is 55.7. The molecule has 0 saturated carbocycles. The van der Waals surface area contributed by atoms with Gasteiger partial charge in [-0.1, -0.05) is 0 Å². The molecule has 596 valence electrons. The average molecular weight is 1540 g/mol. The summed E-state index contributed by atoms with van der Waals surface area (Å²) in [6, 6.07) is -0.960. The van der Waals surface area contributed by atoms with Crippen LogP contribution in [0.4, 0.5) is 0 Å². The molecule has 21 aliphatic heterocycles. The molecule has 21 heterocycles. The maximum absolute atomic E-state index is 13.0. The van der Waals surface area contributed by atoms with Crippen LogP contribution >= 0.6 is 23.5 Å². The third-order valence-corrected chi connectivity index (χ3v) is 20.9. The lowest BCUT2D eigenvalue weighted by molar-refractivity contribution is -0.395. The summed E-state index contributed by atoms with van der Waals surface area (Å²) in [5.74, 6) is -5.39. The summed E-state index contributed by atoms with van der Waals surface area (Å²) in [7, 11) is 1.43. The summed E-state index contributed by atoms with van der Waals surface area (Å²) in [6.07, 6.45) is -72.7. The van der Waals surface area contributed by atoms with Crippen molar-refractivity contribution in [2.75, 3.05) is 89.5 Å². The van der Waals surface area contributed by atoms with Crippen molar-refractivity contribution in [3.05, 3.63) is 0 Å². The number of nitrogens with one attached hydrogen (secondary N) is 1. The van der Waals surface area contributed by atoms with Crippen LogP contribution in [0.1, 0.15) is 26.2 Å². The van der Waals surface area contributed by atoms with Gasteiger partial charge in [-0.2, -0.15) is 23.5 Å².